The Kier molecular flexibility index (Phi) is 27.5. The van der Waals surface area contributed by atoms with Gasteiger partial charge in [0.15, 0.2) is 180 Å². The van der Waals surface area contributed by atoms with Gasteiger partial charge in [0.25, 0.3) is 0 Å². The minimum absolute atomic E-state index is 0.141. The normalized spacial score (nSPS) is 11.5. The van der Waals surface area contributed by atoms with E-state index in [1.54, 1.807) is 18.2 Å². The number of halogens is 39. The lowest BCUT2D eigenvalue weighted by molar-refractivity contribution is 0.413. The molecule has 0 fully saturated rings. The van der Waals surface area contributed by atoms with Gasteiger partial charge in [-0.15, -0.1) is 0 Å². The number of hydrogen-bond acceptors (Lipinski definition) is 0. The molecule has 0 amide bonds. The van der Waals surface area contributed by atoms with E-state index in [4.69, 9.17) is 0 Å². The lowest BCUT2D eigenvalue weighted by Gasteiger charge is -2.14. The molecular formula is C105H45F39. The summed E-state index contributed by atoms with van der Waals surface area (Å²) in [4.78, 5) is 0. The number of benzene rings is 21. The molecule has 0 heterocycles. The van der Waals surface area contributed by atoms with Crippen LogP contribution in [0.3, 0.4) is 0 Å². The second-order valence-corrected chi connectivity index (χ2v) is 32.1. The summed E-state index contributed by atoms with van der Waals surface area (Å²) in [6.45, 7) is 8.97. The van der Waals surface area contributed by atoms with Gasteiger partial charge >= 0.3 is 0 Å². The maximum Gasteiger partial charge on any atom is 0.198 e. The Labute approximate surface area is 778 Å². The minimum atomic E-state index is -2.48. The summed E-state index contributed by atoms with van der Waals surface area (Å²) in [5.74, 6) is -80.0. The number of fused-ring (bicyclic) bond motifs is 19. The highest BCUT2D eigenvalue weighted by Crippen LogP contribution is 2.48. The van der Waals surface area contributed by atoms with Gasteiger partial charge in [0.1, 0.15) is 46.5 Å². The van der Waals surface area contributed by atoms with Gasteiger partial charge in [-0.1, -0.05) is 115 Å². The molecule has 0 saturated heterocycles. The van der Waals surface area contributed by atoms with Crippen LogP contribution in [0.5, 0.6) is 0 Å². The second-order valence-electron chi connectivity index (χ2n) is 32.1. The van der Waals surface area contributed by atoms with Crippen molar-refractivity contribution < 1.29 is 171 Å². The highest BCUT2D eigenvalue weighted by atomic mass is 19.2. The molecule has 0 aliphatic heterocycles. The predicted octanol–water partition coefficient (Wildman–Crippen LogP) is 35.5. The quantitative estimate of drug-likeness (QED) is 0.0467. The molecule has 0 saturated carbocycles. The van der Waals surface area contributed by atoms with Crippen molar-refractivity contribution in [1.82, 2.24) is 0 Å². The fourth-order valence-electron chi connectivity index (χ4n) is 17.0. The first kappa shape index (κ1) is 103. The summed E-state index contributed by atoms with van der Waals surface area (Å²) in [5.41, 5.74) is -0.468. The van der Waals surface area contributed by atoms with Gasteiger partial charge in [0.05, 0.1) is 48.5 Å². The molecule has 0 unspecified atom stereocenters. The summed E-state index contributed by atoms with van der Waals surface area (Å²) >= 11 is 0. The third-order valence-electron chi connectivity index (χ3n) is 24.0. The van der Waals surface area contributed by atoms with E-state index in [0.717, 1.165) is 62.7 Å². The molecule has 0 aliphatic carbocycles. The van der Waals surface area contributed by atoms with E-state index in [0.29, 0.717) is 24.6 Å². The lowest BCUT2D eigenvalue weighted by Crippen LogP contribution is -2.07. The topological polar surface area (TPSA) is 0 Å². The summed E-state index contributed by atoms with van der Waals surface area (Å²) in [6, 6.07) is 45.9. The van der Waals surface area contributed by atoms with E-state index in [-0.39, 0.29) is 17.5 Å². The Morgan fingerprint density at radius 1 is 0.118 bits per heavy atom. The van der Waals surface area contributed by atoms with Crippen LogP contribution in [-0.2, 0) is 0 Å². The molecular weight excluding hydrogens is 2000 g/mol. The molecule has 0 N–H and O–H groups in total. The van der Waals surface area contributed by atoms with Crippen molar-refractivity contribution >= 4 is 151 Å². The van der Waals surface area contributed by atoms with Crippen molar-refractivity contribution in [2.24, 2.45) is 0 Å². The fraction of sp³-hybridized carbons (Fsp3) is 0.0667. The molecule has 39 heteroatoms. The van der Waals surface area contributed by atoms with Gasteiger partial charge < -0.3 is 0 Å². The van der Waals surface area contributed by atoms with E-state index >= 15 is 0 Å². The molecule has 21 rings (SSSR count). The van der Waals surface area contributed by atoms with Crippen LogP contribution < -0.4 is 0 Å². The minimum Gasteiger partial charge on any atom is -0.207 e. The number of hydrogen-bond donors (Lipinski definition) is 0. The van der Waals surface area contributed by atoms with Crippen LogP contribution in [0.25, 0.3) is 151 Å². The average molecular weight is 2050 g/mol. The fourth-order valence-corrected chi connectivity index (χ4v) is 17.0. The second kappa shape index (κ2) is 38.4. The van der Waals surface area contributed by atoms with E-state index < -0.39 is 318 Å². The Morgan fingerprint density at radius 2 is 0.354 bits per heavy atom. The van der Waals surface area contributed by atoms with Crippen molar-refractivity contribution in [1.29, 1.82) is 0 Å². The lowest BCUT2D eigenvalue weighted by atomic mass is 9.95. The molecule has 0 nitrogen and oxygen atoms in total. The molecule has 21 aromatic carbocycles. The van der Waals surface area contributed by atoms with Gasteiger partial charge in [-0.3, -0.25) is 0 Å². The van der Waals surface area contributed by atoms with E-state index in [2.05, 4.69) is 25.1 Å². The molecule has 0 aliphatic rings. The third-order valence-corrected chi connectivity index (χ3v) is 24.0. The van der Waals surface area contributed by atoms with Crippen LogP contribution in [0, 0.1) is 275 Å². The van der Waals surface area contributed by atoms with Crippen LogP contribution in [0.1, 0.15) is 38.9 Å². The summed E-state index contributed by atoms with van der Waals surface area (Å²) in [6.07, 6.45) is 0. The van der Waals surface area contributed by atoms with Gasteiger partial charge in [-0.05, 0) is 160 Å². The molecule has 0 atom stereocenters. The van der Waals surface area contributed by atoms with Crippen LogP contribution in [0.15, 0.2) is 146 Å². The summed E-state index contributed by atoms with van der Waals surface area (Å²) in [5, 5.41) is -12.6. The maximum atomic E-state index is 14.4. The smallest absolute Gasteiger partial charge is 0.198 e. The van der Waals surface area contributed by atoms with E-state index in [1.807, 2.05) is 111 Å². The third kappa shape index (κ3) is 16.2. The average Bonchev–Trinajstić information content (AvgIpc) is 0.717. The van der Waals surface area contributed by atoms with Crippen LogP contribution >= 0.6 is 0 Å². The monoisotopic (exact) mass is 2050 g/mol. The molecule has 0 radical (unpaired) electrons. The first-order valence-corrected chi connectivity index (χ1v) is 40.8. The zero-order chi connectivity index (χ0) is 106. The number of rotatable bonds is 0. The van der Waals surface area contributed by atoms with Crippen molar-refractivity contribution in [2.45, 2.75) is 48.5 Å². The van der Waals surface area contributed by atoms with Crippen LogP contribution in [-0.4, -0.2) is 0 Å². The van der Waals surface area contributed by atoms with Gasteiger partial charge in [-0.2, -0.15) is 0 Å². The SMILES string of the molecule is Cc1c(F)c(F)c(F)c2c1c(F)c(F)c1c(F)c(F)c(F)c(F)c12.Cc1c(F)c(F)c2c(F)c3c(F)c(F)c(F)c(F)c3c(F)c2c1F.Cc1c(F)c(F)c2c(c1F)c(F)c(F)c1c(F)c(F)c(F)c(F)c12.Cc1c2c(F)c(F)c(F)c(F)c2c(F)c2c(F)c(F)c(F)c(F)c12.Cc1cc2c(F)cccc2c2ccccc12.Cc1cc2cc(F)ccc2c2ccccc12.Cc1cccc2c1cc(F)c1ccccc12. The zero-order valence-electron chi connectivity index (χ0n) is 72.6. The highest BCUT2D eigenvalue weighted by Gasteiger charge is 2.39. The Balaban J connectivity index is 0.000000127. The number of aryl methyl sites for hydroxylation is 5. The van der Waals surface area contributed by atoms with Crippen molar-refractivity contribution in [2.75, 3.05) is 0 Å². The first-order valence-electron chi connectivity index (χ1n) is 40.8. The van der Waals surface area contributed by atoms with Crippen LogP contribution in [0.2, 0.25) is 0 Å². The predicted molar refractivity (Wildman–Crippen MR) is 462 cm³/mol. The Bertz CT molecular complexity index is 8160. The van der Waals surface area contributed by atoms with E-state index in [9.17, 15) is 171 Å². The van der Waals surface area contributed by atoms with Crippen molar-refractivity contribution in [3.05, 3.63) is 411 Å². The Morgan fingerprint density at radius 3 is 0.750 bits per heavy atom. The standard InChI is InChI=1S/4C15H3F9.3C15H11F/c1-2-7(16)3-4(11(20)8(2)17)10(19)6-5(9(3)18)12(21)14(23)15(24)13(6)22;1-2-7(16)5-3(9(18)8(2)17)4-6(12(21)11(5)20)13(22)15(24)14(23)10(4)19;1-2-3-4(9(18)13(22)7(2)16)5-6(11(20)8(3)17)12(21)15(24)14(23)10(5)19;1-2-3-5(10(19)14(23)12(21)8(3)17)7(16)6-4(2)9(18)13(22)15(24)11(6)20;1-10-5-4-8-12-11-6-2-3-7-13(11)15(16)9-14(10)12;1-10-9-14-13(7-4-8-15(14)16)12-6-3-2-5-11(10)12;1-10-8-11-9-12(16)6-7-14(11)15-5-3-2-4-13(10)15/h4*1H3;3*2-9H,1H3. The Hall–Kier alpha value is -15.5. The summed E-state index contributed by atoms with van der Waals surface area (Å²) in [7, 11) is 0. The molecule has 738 valence electrons. The van der Waals surface area contributed by atoms with Crippen molar-refractivity contribution in [3.8, 4) is 0 Å². The van der Waals surface area contributed by atoms with Gasteiger partial charge in [-0.25, -0.2) is 171 Å². The highest BCUT2D eigenvalue weighted by molar-refractivity contribution is 6.14. The molecule has 0 aromatic heterocycles. The van der Waals surface area contributed by atoms with Gasteiger partial charge in [0, 0.05) is 59.6 Å². The van der Waals surface area contributed by atoms with E-state index in [1.165, 1.54) is 33.9 Å². The summed E-state index contributed by atoms with van der Waals surface area (Å²) < 4.78 is 536. The molecule has 0 spiro atoms. The largest absolute Gasteiger partial charge is 0.207 e. The van der Waals surface area contributed by atoms with Gasteiger partial charge in [0.2, 0.25) is 0 Å². The molecule has 0 bridgehead atoms. The van der Waals surface area contributed by atoms with Crippen LogP contribution in [0.4, 0.5) is 171 Å². The maximum absolute atomic E-state index is 14.4. The zero-order valence-corrected chi connectivity index (χ0v) is 72.6. The van der Waals surface area contributed by atoms with Crippen molar-refractivity contribution in [3.63, 3.8) is 0 Å². The first-order chi connectivity index (χ1) is 67.7. The molecule has 21 aromatic rings. The molecule has 144 heavy (non-hydrogen) atoms.